The molecule has 0 spiro atoms. The minimum absolute atomic E-state index is 0.743. The Bertz CT molecular complexity index is 869. The van der Waals surface area contributed by atoms with Gasteiger partial charge in [0.25, 0.3) is 0 Å². The lowest BCUT2D eigenvalue weighted by atomic mass is 10.2. The molecule has 1 N–H and O–H groups in total. The summed E-state index contributed by atoms with van der Waals surface area (Å²) in [6, 6.07) is 17.0. The standard InChI is InChI=1S/C16H14N4S/c1-17-16-19-18-15(21-16)10-20-13-8-4-2-6-11(13)12-7-3-5-9-14(12)20/h2-9H,10H2,1H3,(H,17,19). The maximum Gasteiger partial charge on any atom is 0.205 e. The fourth-order valence-electron chi connectivity index (χ4n) is 2.73. The molecule has 0 aliphatic rings. The first-order chi connectivity index (χ1) is 10.4. The van der Waals surface area contributed by atoms with Crippen LogP contribution in [-0.2, 0) is 6.54 Å². The van der Waals surface area contributed by atoms with Gasteiger partial charge in [0.1, 0.15) is 5.01 Å². The predicted molar refractivity (Wildman–Crippen MR) is 88.0 cm³/mol. The zero-order chi connectivity index (χ0) is 14.2. The zero-order valence-electron chi connectivity index (χ0n) is 11.6. The van der Waals surface area contributed by atoms with Crippen molar-refractivity contribution in [1.82, 2.24) is 14.8 Å². The van der Waals surface area contributed by atoms with Crippen LogP contribution in [0, 0.1) is 0 Å². The van der Waals surface area contributed by atoms with Crippen molar-refractivity contribution in [2.75, 3.05) is 12.4 Å². The molecule has 104 valence electrons. The predicted octanol–water partition coefficient (Wildman–Crippen LogP) is 3.74. The Labute approximate surface area is 126 Å². The van der Waals surface area contributed by atoms with E-state index < -0.39 is 0 Å². The van der Waals surface area contributed by atoms with Crippen LogP contribution in [0.4, 0.5) is 5.13 Å². The largest absolute Gasteiger partial charge is 0.363 e. The molecule has 0 fully saturated rings. The van der Waals surface area contributed by atoms with E-state index in [2.05, 4.69) is 68.6 Å². The van der Waals surface area contributed by atoms with Gasteiger partial charge in [0.05, 0.1) is 6.54 Å². The number of benzene rings is 2. The lowest BCUT2D eigenvalue weighted by Crippen LogP contribution is -1.98. The van der Waals surface area contributed by atoms with Gasteiger partial charge in [-0.05, 0) is 12.1 Å². The van der Waals surface area contributed by atoms with Crippen LogP contribution in [0.15, 0.2) is 48.5 Å². The van der Waals surface area contributed by atoms with Crippen molar-refractivity contribution in [2.45, 2.75) is 6.54 Å². The number of hydrogen-bond donors (Lipinski definition) is 1. The third-order valence-electron chi connectivity index (χ3n) is 3.65. The van der Waals surface area contributed by atoms with Crippen molar-refractivity contribution in [3.63, 3.8) is 0 Å². The van der Waals surface area contributed by atoms with Gasteiger partial charge in [-0.15, -0.1) is 10.2 Å². The van der Waals surface area contributed by atoms with Gasteiger partial charge in [-0.2, -0.15) is 0 Å². The average Bonchev–Trinajstić information content (AvgIpc) is 3.12. The summed E-state index contributed by atoms with van der Waals surface area (Å²) in [5, 5.41) is 15.8. The molecule has 4 nitrogen and oxygen atoms in total. The number of nitrogens with one attached hydrogen (secondary N) is 1. The first-order valence-electron chi connectivity index (χ1n) is 6.83. The highest BCUT2D eigenvalue weighted by Crippen LogP contribution is 2.30. The third kappa shape index (κ3) is 1.97. The molecule has 2 aromatic carbocycles. The summed E-state index contributed by atoms with van der Waals surface area (Å²) in [5.74, 6) is 0. The van der Waals surface area contributed by atoms with Crippen LogP contribution in [0.2, 0.25) is 0 Å². The second kappa shape index (κ2) is 4.86. The first-order valence-corrected chi connectivity index (χ1v) is 7.64. The Kier molecular flexibility index (Phi) is 2.86. The number of para-hydroxylation sites is 2. The Hall–Kier alpha value is -2.40. The van der Waals surface area contributed by atoms with E-state index in [0.717, 1.165) is 16.7 Å². The molecule has 0 aliphatic heterocycles. The molecule has 2 aromatic heterocycles. The third-order valence-corrected chi connectivity index (χ3v) is 4.58. The summed E-state index contributed by atoms with van der Waals surface area (Å²) in [5.41, 5.74) is 2.47. The summed E-state index contributed by atoms with van der Waals surface area (Å²) < 4.78 is 2.31. The molecule has 0 saturated carbocycles. The van der Waals surface area contributed by atoms with Gasteiger partial charge in [0.15, 0.2) is 0 Å². The molecule has 4 rings (SSSR count). The second-order valence-corrected chi connectivity index (χ2v) is 5.93. The number of hydrogen-bond acceptors (Lipinski definition) is 4. The topological polar surface area (TPSA) is 42.7 Å². The van der Waals surface area contributed by atoms with Crippen molar-refractivity contribution in [2.24, 2.45) is 0 Å². The molecule has 21 heavy (non-hydrogen) atoms. The molecule has 0 aliphatic carbocycles. The Balaban J connectivity index is 1.93. The van der Waals surface area contributed by atoms with E-state index >= 15 is 0 Å². The summed E-state index contributed by atoms with van der Waals surface area (Å²) >= 11 is 1.59. The second-order valence-electron chi connectivity index (χ2n) is 4.87. The summed E-state index contributed by atoms with van der Waals surface area (Å²) in [4.78, 5) is 0. The Morgan fingerprint density at radius 1 is 0.952 bits per heavy atom. The molecule has 0 amide bonds. The quantitative estimate of drug-likeness (QED) is 0.626. The van der Waals surface area contributed by atoms with Crippen molar-refractivity contribution in [3.05, 3.63) is 53.5 Å². The van der Waals surface area contributed by atoms with Crippen LogP contribution in [0.3, 0.4) is 0 Å². The SMILES string of the molecule is CNc1nnc(Cn2c3ccccc3c3ccccc32)s1. The molecular formula is C16H14N4S. The smallest absolute Gasteiger partial charge is 0.205 e. The molecule has 0 unspecified atom stereocenters. The van der Waals surface area contributed by atoms with Crippen LogP contribution in [-0.4, -0.2) is 21.8 Å². The molecular weight excluding hydrogens is 280 g/mol. The lowest BCUT2D eigenvalue weighted by Gasteiger charge is -2.04. The molecule has 5 heteroatoms. The van der Waals surface area contributed by atoms with Crippen LogP contribution in [0.25, 0.3) is 21.8 Å². The van der Waals surface area contributed by atoms with Gasteiger partial charge < -0.3 is 9.88 Å². The van der Waals surface area contributed by atoms with Gasteiger partial charge in [-0.3, -0.25) is 0 Å². The molecule has 0 bridgehead atoms. The highest BCUT2D eigenvalue weighted by molar-refractivity contribution is 7.15. The minimum Gasteiger partial charge on any atom is -0.363 e. The van der Waals surface area contributed by atoms with Gasteiger partial charge >= 0.3 is 0 Å². The highest BCUT2D eigenvalue weighted by Gasteiger charge is 2.11. The lowest BCUT2D eigenvalue weighted by molar-refractivity contribution is 0.836. The van der Waals surface area contributed by atoms with E-state index in [0.29, 0.717) is 0 Å². The molecule has 0 atom stereocenters. The first kappa shape index (κ1) is 12.3. The van der Waals surface area contributed by atoms with Crippen molar-refractivity contribution < 1.29 is 0 Å². The van der Waals surface area contributed by atoms with Crippen LogP contribution < -0.4 is 5.32 Å². The van der Waals surface area contributed by atoms with Crippen LogP contribution in [0.1, 0.15) is 5.01 Å². The average molecular weight is 294 g/mol. The summed E-state index contributed by atoms with van der Waals surface area (Å²) in [7, 11) is 1.87. The number of rotatable bonds is 3. The Morgan fingerprint density at radius 3 is 2.14 bits per heavy atom. The van der Waals surface area contributed by atoms with E-state index in [9.17, 15) is 0 Å². The number of fused-ring (bicyclic) bond motifs is 3. The number of nitrogens with zero attached hydrogens (tertiary/aromatic N) is 3. The maximum absolute atomic E-state index is 4.26. The normalized spacial score (nSPS) is 11.3. The van der Waals surface area contributed by atoms with Crippen molar-refractivity contribution in [1.29, 1.82) is 0 Å². The molecule has 0 radical (unpaired) electrons. The fourth-order valence-corrected chi connectivity index (χ4v) is 3.41. The van der Waals surface area contributed by atoms with Gasteiger partial charge in [0.2, 0.25) is 5.13 Å². The Morgan fingerprint density at radius 2 is 1.57 bits per heavy atom. The van der Waals surface area contributed by atoms with E-state index in [1.165, 1.54) is 21.8 Å². The molecule has 4 aromatic rings. The van der Waals surface area contributed by atoms with E-state index in [4.69, 9.17) is 0 Å². The summed E-state index contributed by atoms with van der Waals surface area (Å²) in [6.45, 7) is 0.743. The maximum atomic E-state index is 4.26. The van der Waals surface area contributed by atoms with Crippen molar-refractivity contribution >= 4 is 38.3 Å². The van der Waals surface area contributed by atoms with Crippen LogP contribution >= 0.6 is 11.3 Å². The van der Waals surface area contributed by atoms with Crippen molar-refractivity contribution in [3.8, 4) is 0 Å². The minimum atomic E-state index is 0.743. The van der Waals surface area contributed by atoms with Gasteiger partial charge in [-0.1, -0.05) is 47.7 Å². The fraction of sp³-hybridized carbons (Fsp3) is 0.125. The highest BCUT2D eigenvalue weighted by atomic mass is 32.1. The zero-order valence-corrected chi connectivity index (χ0v) is 12.4. The van der Waals surface area contributed by atoms with E-state index in [1.807, 2.05) is 7.05 Å². The van der Waals surface area contributed by atoms with Gasteiger partial charge in [-0.25, -0.2) is 0 Å². The monoisotopic (exact) mass is 294 g/mol. The van der Waals surface area contributed by atoms with E-state index in [-0.39, 0.29) is 0 Å². The number of anilines is 1. The molecule has 0 saturated heterocycles. The van der Waals surface area contributed by atoms with E-state index in [1.54, 1.807) is 11.3 Å². The van der Waals surface area contributed by atoms with Crippen LogP contribution in [0.5, 0.6) is 0 Å². The summed E-state index contributed by atoms with van der Waals surface area (Å²) in [6.07, 6.45) is 0. The number of aromatic nitrogens is 3. The molecule has 2 heterocycles. The van der Waals surface area contributed by atoms with Gasteiger partial charge in [0, 0.05) is 28.9 Å².